The molecule has 0 aromatic carbocycles. The maximum absolute atomic E-state index is 5.92. The quantitative estimate of drug-likeness (QED) is 0.778. The Morgan fingerprint density at radius 2 is 2.11 bits per heavy atom. The van der Waals surface area contributed by atoms with Gasteiger partial charge >= 0.3 is 0 Å². The summed E-state index contributed by atoms with van der Waals surface area (Å²) in [6, 6.07) is 2.07. The molecule has 0 aliphatic heterocycles. The lowest BCUT2D eigenvalue weighted by atomic mass is 10.1. The van der Waals surface area contributed by atoms with Crippen molar-refractivity contribution in [1.82, 2.24) is 10.3 Å². The van der Waals surface area contributed by atoms with Crippen LogP contribution >= 0.6 is 15.9 Å². The zero-order chi connectivity index (χ0) is 13.5. The lowest BCUT2D eigenvalue weighted by molar-refractivity contribution is 0.161. The van der Waals surface area contributed by atoms with Crippen molar-refractivity contribution in [3.8, 4) is 5.88 Å². The Hall–Kier alpha value is -0.610. The van der Waals surface area contributed by atoms with E-state index in [0.29, 0.717) is 5.92 Å². The highest BCUT2D eigenvalue weighted by Gasteiger charge is 2.13. The van der Waals surface area contributed by atoms with Crippen LogP contribution in [0.5, 0.6) is 5.88 Å². The van der Waals surface area contributed by atoms with E-state index >= 15 is 0 Å². The number of hydrogen-bond donors (Lipinski definition) is 1. The molecule has 3 nitrogen and oxygen atoms in total. The number of nitrogens with zero attached hydrogens (tertiary/aromatic N) is 1. The summed E-state index contributed by atoms with van der Waals surface area (Å²) in [5, 5.41) is 3.38. The van der Waals surface area contributed by atoms with Gasteiger partial charge in [0.25, 0.3) is 0 Å². The average Bonchev–Trinajstić information content (AvgIpc) is 2.32. The number of pyridine rings is 1. The van der Waals surface area contributed by atoms with Crippen LogP contribution in [-0.4, -0.2) is 17.6 Å². The fourth-order valence-electron chi connectivity index (χ4n) is 1.41. The SMILES string of the molecule is CCCNCc1cc(Br)cnc1OC(C)C(C)C. The van der Waals surface area contributed by atoms with Crippen molar-refractivity contribution in [3.63, 3.8) is 0 Å². The monoisotopic (exact) mass is 314 g/mol. The molecule has 0 spiro atoms. The maximum Gasteiger partial charge on any atom is 0.218 e. The van der Waals surface area contributed by atoms with Gasteiger partial charge < -0.3 is 10.1 Å². The van der Waals surface area contributed by atoms with Crippen LogP contribution in [-0.2, 0) is 6.54 Å². The molecule has 1 heterocycles. The van der Waals surface area contributed by atoms with Crippen LogP contribution < -0.4 is 10.1 Å². The van der Waals surface area contributed by atoms with E-state index in [4.69, 9.17) is 4.74 Å². The molecule has 1 atom stereocenters. The van der Waals surface area contributed by atoms with Gasteiger partial charge in [-0.05, 0) is 47.8 Å². The molecule has 1 aromatic heterocycles. The van der Waals surface area contributed by atoms with Crippen molar-refractivity contribution in [2.45, 2.75) is 46.8 Å². The molecule has 0 bridgehead atoms. The molecule has 1 aromatic rings. The van der Waals surface area contributed by atoms with Crippen LogP contribution in [0.3, 0.4) is 0 Å². The predicted octanol–water partition coefficient (Wildman–Crippen LogP) is 3.77. The first-order valence-corrected chi connectivity index (χ1v) is 7.35. The highest BCUT2D eigenvalue weighted by molar-refractivity contribution is 9.10. The first-order chi connectivity index (χ1) is 8.54. The first-order valence-electron chi connectivity index (χ1n) is 6.56. The van der Waals surface area contributed by atoms with Gasteiger partial charge in [-0.15, -0.1) is 0 Å². The third kappa shape index (κ3) is 4.94. The molecule has 18 heavy (non-hydrogen) atoms. The standard InChI is InChI=1S/C14H23BrN2O/c1-5-6-16-8-12-7-13(15)9-17-14(12)18-11(4)10(2)3/h7,9-11,16H,5-6,8H2,1-4H3. The van der Waals surface area contributed by atoms with Gasteiger partial charge in [-0.1, -0.05) is 20.8 Å². The summed E-state index contributed by atoms with van der Waals surface area (Å²) in [6.45, 7) is 10.3. The van der Waals surface area contributed by atoms with Crippen LogP contribution in [0.1, 0.15) is 39.7 Å². The minimum atomic E-state index is 0.170. The Morgan fingerprint density at radius 3 is 2.72 bits per heavy atom. The second-order valence-electron chi connectivity index (χ2n) is 4.86. The smallest absolute Gasteiger partial charge is 0.218 e. The number of aromatic nitrogens is 1. The second-order valence-corrected chi connectivity index (χ2v) is 5.78. The molecule has 0 saturated heterocycles. The summed E-state index contributed by atoms with van der Waals surface area (Å²) < 4.78 is 6.91. The Labute approximate surface area is 118 Å². The van der Waals surface area contributed by atoms with Crippen molar-refractivity contribution in [2.75, 3.05) is 6.54 Å². The molecule has 102 valence electrons. The molecule has 1 unspecified atom stereocenters. The predicted molar refractivity (Wildman–Crippen MR) is 78.9 cm³/mol. The van der Waals surface area contributed by atoms with Crippen molar-refractivity contribution < 1.29 is 4.74 Å². The lowest BCUT2D eigenvalue weighted by Gasteiger charge is -2.19. The molecule has 0 radical (unpaired) electrons. The molecule has 0 fully saturated rings. The van der Waals surface area contributed by atoms with Gasteiger partial charge in [-0.2, -0.15) is 0 Å². The van der Waals surface area contributed by atoms with Crippen molar-refractivity contribution in [1.29, 1.82) is 0 Å². The van der Waals surface area contributed by atoms with E-state index < -0.39 is 0 Å². The van der Waals surface area contributed by atoms with Gasteiger partial charge in [0.2, 0.25) is 5.88 Å². The summed E-state index contributed by atoms with van der Waals surface area (Å²) in [4.78, 5) is 4.37. The highest BCUT2D eigenvalue weighted by atomic mass is 79.9. The van der Waals surface area contributed by atoms with Crippen molar-refractivity contribution in [2.24, 2.45) is 5.92 Å². The summed E-state index contributed by atoms with van der Waals surface area (Å²) in [6.07, 6.45) is 3.08. The van der Waals surface area contributed by atoms with Crippen LogP contribution in [0.2, 0.25) is 0 Å². The van der Waals surface area contributed by atoms with Crippen LogP contribution in [0.15, 0.2) is 16.7 Å². The van der Waals surface area contributed by atoms with E-state index in [1.807, 2.05) is 0 Å². The molecular weight excluding hydrogens is 292 g/mol. The largest absolute Gasteiger partial charge is 0.474 e. The molecule has 0 saturated carbocycles. The number of ether oxygens (including phenoxy) is 1. The van der Waals surface area contributed by atoms with Gasteiger partial charge in [0, 0.05) is 22.8 Å². The Kier molecular flexibility index (Phi) is 6.65. The normalized spacial score (nSPS) is 12.8. The van der Waals surface area contributed by atoms with Crippen LogP contribution in [0.4, 0.5) is 0 Å². The Morgan fingerprint density at radius 1 is 1.39 bits per heavy atom. The maximum atomic E-state index is 5.92. The third-order valence-electron chi connectivity index (χ3n) is 2.87. The van der Waals surface area contributed by atoms with E-state index in [1.54, 1.807) is 6.20 Å². The molecule has 0 aliphatic carbocycles. The van der Waals surface area contributed by atoms with Gasteiger partial charge in [0.1, 0.15) is 0 Å². The van der Waals surface area contributed by atoms with Gasteiger partial charge in [-0.25, -0.2) is 4.98 Å². The van der Waals surface area contributed by atoms with E-state index in [-0.39, 0.29) is 6.10 Å². The minimum Gasteiger partial charge on any atom is -0.474 e. The van der Waals surface area contributed by atoms with E-state index in [2.05, 4.69) is 60.0 Å². The minimum absolute atomic E-state index is 0.170. The summed E-state index contributed by atoms with van der Waals surface area (Å²) >= 11 is 3.45. The van der Waals surface area contributed by atoms with Gasteiger partial charge in [0.05, 0.1) is 6.10 Å². The zero-order valence-corrected chi connectivity index (χ0v) is 13.3. The summed E-state index contributed by atoms with van der Waals surface area (Å²) in [5.41, 5.74) is 1.10. The second kappa shape index (κ2) is 7.74. The molecule has 0 aliphatic rings. The highest BCUT2D eigenvalue weighted by Crippen LogP contribution is 2.22. The van der Waals surface area contributed by atoms with E-state index in [0.717, 1.165) is 35.4 Å². The third-order valence-corrected chi connectivity index (χ3v) is 3.30. The molecule has 1 N–H and O–H groups in total. The summed E-state index contributed by atoms with van der Waals surface area (Å²) in [7, 11) is 0. The van der Waals surface area contributed by atoms with E-state index in [1.165, 1.54) is 0 Å². The Balaban J connectivity index is 2.75. The van der Waals surface area contributed by atoms with Crippen LogP contribution in [0, 0.1) is 5.92 Å². The number of halogens is 1. The number of hydrogen-bond acceptors (Lipinski definition) is 3. The topological polar surface area (TPSA) is 34.2 Å². The molecular formula is C14H23BrN2O. The molecule has 0 amide bonds. The zero-order valence-electron chi connectivity index (χ0n) is 11.7. The van der Waals surface area contributed by atoms with Gasteiger partial charge in [0.15, 0.2) is 0 Å². The summed E-state index contributed by atoms with van der Waals surface area (Å²) in [5.74, 6) is 1.22. The van der Waals surface area contributed by atoms with Crippen LogP contribution in [0.25, 0.3) is 0 Å². The fourth-order valence-corrected chi connectivity index (χ4v) is 1.79. The number of nitrogens with one attached hydrogen (secondary N) is 1. The van der Waals surface area contributed by atoms with Gasteiger partial charge in [-0.3, -0.25) is 0 Å². The lowest BCUT2D eigenvalue weighted by Crippen LogP contribution is -2.21. The average molecular weight is 315 g/mol. The van der Waals surface area contributed by atoms with E-state index in [9.17, 15) is 0 Å². The first kappa shape index (κ1) is 15.4. The van der Waals surface area contributed by atoms with Crippen molar-refractivity contribution in [3.05, 3.63) is 22.3 Å². The Bertz CT molecular complexity index is 369. The number of rotatable bonds is 7. The fraction of sp³-hybridized carbons (Fsp3) is 0.643. The molecule has 1 rings (SSSR count). The van der Waals surface area contributed by atoms with Crippen molar-refractivity contribution >= 4 is 15.9 Å². The molecule has 4 heteroatoms.